The van der Waals surface area contributed by atoms with Gasteiger partial charge in [0.2, 0.25) is 0 Å². The molecule has 1 aromatic heterocycles. The van der Waals surface area contributed by atoms with E-state index < -0.39 is 0 Å². The highest BCUT2D eigenvalue weighted by Gasteiger charge is 2.14. The SMILES string of the molecule is Cc1nc(C)n(C(C)C)c1CC(C)O. The number of hydrogen-bond donors (Lipinski definition) is 1. The number of aliphatic hydroxyl groups is 1. The smallest absolute Gasteiger partial charge is 0.106 e. The second-order valence-electron chi connectivity index (χ2n) is 4.21. The minimum Gasteiger partial charge on any atom is -0.393 e. The molecule has 0 spiro atoms. The molecule has 1 heterocycles. The molecule has 0 amide bonds. The van der Waals surface area contributed by atoms with Gasteiger partial charge in [0, 0.05) is 18.2 Å². The Morgan fingerprint density at radius 3 is 2.29 bits per heavy atom. The van der Waals surface area contributed by atoms with Gasteiger partial charge in [-0.25, -0.2) is 4.98 Å². The van der Waals surface area contributed by atoms with Crippen LogP contribution in [0.15, 0.2) is 0 Å². The fraction of sp³-hybridized carbons (Fsp3) is 0.727. The Hall–Kier alpha value is -0.830. The van der Waals surface area contributed by atoms with Gasteiger partial charge < -0.3 is 9.67 Å². The molecule has 0 radical (unpaired) electrons. The number of imidazole rings is 1. The second-order valence-corrected chi connectivity index (χ2v) is 4.21. The predicted molar refractivity (Wildman–Crippen MR) is 57.5 cm³/mol. The Morgan fingerprint density at radius 1 is 1.29 bits per heavy atom. The Bertz CT molecular complexity index is 313. The van der Waals surface area contributed by atoms with E-state index in [0.717, 1.165) is 17.2 Å². The molecule has 0 aliphatic heterocycles. The molecule has 1 aromatic rings. The van der Waals surface area contributed by atoms with Gasteiger partial charge in [-0.15, -0.1) is 0 Å². The molecule has 80 valence electrons. The van der Waals surface area contributed by atoms with Crippen molar-refractivity contribution in [2.45, 2.75) is 53.2 Å². The largest absolute Gasteiger partial charge is 0.393 e. The lowest BCUT2D eigenvalue weighted by Crippen LogP contribution is -2.13. The lowest BCUT2D eigenvalue weighted by Gasteiger charge is -2.15. The zero-order chi connectivity index (χ0) is 10.9. The molecule has 0 aromatic carbocycles. The Balaban J connectivity index is 3.11. The molecule has 14 heavy (non-hydrogen) atoms. The Labute approximate surface area is 85.8 Å². The number of aryl methyl sites for hydroxylation is 2. The van der Waals surface area contributed by atoms with Crippen molar-refractivity contribution in [1.29, 1.82) is 0 Å². The van der Waals surface area contributed by atoms with Crippen LogP contribution in [0.2, 0.25) is 0 Å². The van der Waals surface area contributed by atoms with Crippen molar-refractivity contribution < 1.29 is 5.11 Å². The second kappa shape index (κ2) is 4.13. The first-order valence-corrected chi connectivity index (χ1v) is 5.15. The third-order valence-electron chi connectivity index (χ3n) is 2.39. The van der Waals surface area contributed by atoms with Gasteiger partial charge in [-0.3, -0.25) is 0 Å². The van der Waals surface area contributed by atoms with Crippen molar-refractivity contribution in [3.8, 4) is 0 Å². The molecular weight excluding hydrogens is 176 g/mol. The van der Waals surface area contributed by atoms with Crippen LogP contribution in [0, 0.1) is 13.8 Å². The molecular formula is C11H20N2O. The van der Waals surface area contributed by atoms with Crippen LogP contribution in [-0.4, -0.2) is 20.8 Å². The molecule has 1 N–H and O–H groups in total. The summed E-state index contributed by atoms with van der Waals surface area (Å²) in [6.07, 6.45) is 0.382. The Kier molecular flexibility index (Phi) is 3.32. The van der Waals surface area contributed by atoms with Crippen LogP contribution in [0.4, 0.5) is 0 Å². The van der Waals surface area contributed by atoms with Gasteiger partial charge in [-0.2, -0.15) is 0 Å². The van der Waals surface area contributed by atoms with Crippen LogP contribution < -0.4 is 0 Å². The lowest BCUT2D eigenvalue weighted by atomic mass is 10.2. The summed E-state index contributed by atoms with van der Waals surface area (Å²) in [5, 5.41) is 9.40. The fourth-order valence-electron chi connectivity index (χ4n) is 1.94. The number of aromatic nitrogens is 2. The normalized spacial score (nSPS) is 13.6. The highest BCUT2D eigenvalue weighted by Crippen LogP contribution is 2.18. The van der Waals surface area contributed by atoms with E-state index in [1.54, 1.807) is 0 Å². The van der Waals surface area contributed by atoms with E-state index in [2.05, 4.69) is 23.4 Å². The molecule has 3 nitrogen and oxygen atoms in total. The first-order valence-electron chi connectivity index (χ1n) is 5.15. The maximum Gasteiger partial charge on any atom is 0.106 e. The summed E-state index contributed by atoms with van der Waals surface area (Å²) < 4.78 is 2.20. The molecule has 1 rings (SSSR count). The molecule has 1 unspecified atom stereocenters. The minimum atomic E-state index is -0.303. The maximum absolute atomic E-state index is 9.40. The highest BCUT2D eigenvalue weighted by atomic mass is 16.3. The molecule has 0 bridgehead atoms. The van der Waals surface area contributed by atoms with E-state index >= 15 is 0 Å². The Morgan fingerprint density at radius 2 is 1.86 bits per heavy atom. The van der Waals surface area contributed by atoms with Crippen LogP contribution in [0.1, 0.15) is 44.0 Å². The number of hydrogen-bond acceptors (Lipinski definition) is 2. The van der Waals surface area contributed by atoms with E-state index in [1.807, 2.05) is 20.8 Å². The summed E-state index contributed by atoms with van der Waals surface area (Å²) in [6, 6.07) is 0.407. The molecule has 1 atom stereocenters. The van der Waals surface area contributed by atoms with Gasteiger partial charge in [0.15, 0.2) is 0 Å². The lowest BCUT2D eigenvalue weighted by molar-refractivity contribution is 0.192. The van der Waals surface area contributed by atoms with E-state index in [0.29, 0.717) is 12.5 Å². The summed E-state index contributed by atoms with van der Waals surface area (Å²) >= 11 is 0. The summed E-state index contributed by atoms with van der Waals surface area (Å²) in [6.45, 7) is 10.1. The molecule has 0 aliphatic carbocycles. The number of nitrogens with zero attached hydrogens (tertiary/aromatic N) is 2. The number of rotatable bonds is 3. The minimum absolute atomic E-state index is 0.303. The van der Waals surface area contributed by atoms with Gasteiger partial charge >= 0.3 is 0 Å². The van der Waals surface area contributed by atoms with Crippen molar-refractivity contribution >= 4 is 0 Å². The van der Waals surface area contributed by atoms with Gasteiger partial charge in [0.1, 0.15) is 5.82 Å². The predicted octanol–water partition coefficient (Wildman–Crippen LogP) is 2.00. The monoisotopic (exact) mass is 196 g/mol. The van der Waals surface area contributed by atoms with E-state index in [-0.39, 0.29) is 6.10 Å². The van der Waals surface area contributed by atoms with E-state index in [1.165, 1.54) is 0 Å². The molecule has 3 heteroatoms. The van der Waals surface area contributed by atoms with Crippen LogP contribution in [0.3, 0.4) is 0 Å². The standard InChI is InChI=1S/C11H20N2O/c1-7(2)13-10(5)12-9(4)11(13)6-8(3)14/h7-8,14H,6H2,1-5H3. The summed E-state index contributed by atoms with van der Waals surface area (Å²) in [5.74, 6) is 1.04. The van der Waals surface area contributed by atoms with Gasteiger partial charge in [0.25, 0.3) is 0 Å². The molecule has 0 aliphatic rings. The van der Waals surface area contributed by atoms with Crippen molar-refractivity contribution in [3.05, 3.63) is 17.2 Å². The van der Waals surface area contributed by atoms with Crippen molar-refractivity contribution in [2.75, 3.05) is 0 Å². The third kappa shape index (κ3) is 2.15. The van der Waals surface area contributed by atoms with Crippen LogP contribution in [-0.2, 0) is 6.42 Å². The van der Waals surface area contributed by atoms with E-state index in [4.69, 9.17) is 0 Å². The zero-order valence-corrected chi connectivity index (χ0v) is 9.70. The first kappa shape index (κ1) is 11.2. The van der Waals surface area contributed by atoms with Crippen molar-refractivity contribution in [2.24, 2.45) is 0 Å². The zero-order valence-electron chi connectivity index (χ0n) is 9.70. The number of aliphatic hydroxyl groups excluding tert-OH is 1. The van der Waals surface area contributed by atoms with Crippen LogP contribution in [0.5, 0.6) is 0 Å². The summed E-state index contributed by atoms with van der Waals surface area (Å²) in [4.78, 5) is 4.44. The quantitative estimate of drug-likeness (QED) is 0.803. The fourth-order valence-corrected chi connectivity index (χ4v) is 1.94. The highest BCUT2D eigenvalue weighted by molar-refractivity contribution is 5.17. The van der Waals surface area contributed by atoms with E-state index in [9.17, 15) is 5.11 Å². The third-order valence-corrected chi connectivity index (χ3v) is 2.39. The molecule has 0 saturated carbocycles. The van der Waals surface area contributed by atoms with Crippen molar-refractivity contribution in [1.82, 2.24) is 9.55 Å². The van der Waals surface area contributed by atoms with Crippen LogP contribution >= 0.6 is 0 Å². The summed E-state index contributed by atoms with van der Waals surface area (Å²) in [5.41, 5.74) is 2.20. The molecule has 0 saturated heterocycles. The molecule has 0 fully saturated rings. The van der Waals surface area contributed by atoms with Gasteiger partial charge in [0.05, 0.1) is 11.8 Å². The van der Waals surface area contributed by atoms with Crippen molar-refractivity contribution in [3.63, 3.8) is 0 Å². The average Bonchev–Trinajstić information content (AvgIpc) is 2.25. The topological polar surface area (TPSA) is 38.0 Å². The van der Waals surface area contributed by atoms with Crippen LogP contribution in [0.25, 0.3) is 0 Å². The van der Waals surface area contributed by atoms with Gasteiger partial charge in [-0.1, -0.05) is 0 Å². The summed E-state index contributed by atoms with van der Waals surface area (Å²) in [7, 11) is 0. The average molecular weight is 196 g/mol. The van der Waals surface area contributed by atoms with Gasteiger partial charge in [-0.05, 0) is 34.6 Å². The first-order chi connectivity index (χ1) is 6.43. The maximum atomic E-state index is 9.40.